The lowest BCUT2D eigenvalue weighted by molar-refractivity contribution is 0.0988. The molecule has 0 spiro atoms. The zero-order valence-corrected chi connectivity index (χ0v) is 12.2. The molecule has 0 N–H and O–H groups in total. The zero-order chi connectivity index (χ0) is 13.4. The molecule has 0 saturated heterocycles. The number of carbonyl (C=O) groups is 1. The second-order valence-electron chi connectivity index (χ2n) is 3.56. The van der Waals surface area contributed by atoms with E-state index in [1.807, 2.05) is 0 Å². The molecule has 0 aliphatic carbocycles. The van der Waals surface area contributed by atoms with Gasteiger partial charge in [0.05, 0.1) is 10.6 Å². The van der Waals surface area contributed by atoms with Gasteiger partial charge in [0.25, 0.3) is 0 Å². The molecule has 94 valence electrons. The number of ketones is 1. The summed E-state index contributed by atoms with van der Waals surface area (Å²) in [6.45, 7) is 1.22. The minimum Gasteiger partial charge on any atom is -0.293 e. The van der Waals surface area contributed by atoms with Crippen LogP contribution in [0.2, 0.25) is 5.02 Å². The van der Waals surface area contributed by atoms with E-state index < -0.39 is 26.7 Å². The van der Waals surface area contributed by atoms with Crippen LogP contribution in [-0.4, -0.2) is 25.7 Å². The van der Waals surface area contributed by atoms with Crippen LogP contribution < -0.4 is 0 Å². The van der Waals surface area contributed by atoms with Crippen LogP contribution in [0.5, 0.6) is 0 Å². The van der Waals surface area contributed by atoms with Gasteiger partial charge in [-0.3, -0.25) is 4.79 Å². The molecule has 0 aliphatic rings. The summed E-state index contributed by atoms with van der Waals surface area (Å²) in [5.41, 5.74) is -0.323. The van der Waals surface area contributed by atoms with Gasteiger partial charge >= 0.3 is 0 Å². The molecule has 1 aromatic rings. The SMILES string of the molecule is CC(C(=O)c1ccc(Br)c(Cl)c1F)S(C)(=O)=O. The maximum atomic E-state index is 13.7. The Morgan fingerprint density at radius 2 is 2.00 bits per heavy atom. The van der Waals surface area contributed by atoms with Crippen LogP contribution in [0.4, 0.5) is 4.39 Å². The first-order chi connectivity index (χ1) is 7.66. The number of hydrogen-bond acceptors (Lipinski definition) is 3. The van der Waals surface area contributed by atoms with Crippen molar-refractivity contribution in [3.8, 4) is 0 Å². The number of carbonyl (C=O) groups excluding carboxylic acids is 1. The molecule has 1 rings (SSSR count). The quantitative estimate of drug-likeness (QED) is 0.626. The van der Waals surface area contributed by atoms with E-state index in [0.717, 1.165) is 6.26 Å². The fourth-order valence-corrected chi connectivity index (χ4v) is 2.12. The first-order valence-electron chi connectivity index (χ1n) is 4.53. The average Bonchev–Trinajstić information content (AvgIpc) is 2.23. The molecule has 0 fully saturated rings. The standard InChI is InChI=1S/C10H9BrClFO3S/c1-5(17(2,15)16)10(14)6-3-4-7(11)8(12)9(6)13/h3-5H,1-2H3. The molecule has 0 amide bonds. The van der Waals surface area contributed by atoms with Gasteiger partial charge in [-0.1, -0.05) is 11.6 Å². The van der Waals surface area contributed by atoms with Crippen LogP contribution in [0.3, 0.4) is 0 Å². The van der Waals surface area contributed by atoms with Gasteiger partial charge in [0.1, 0.15) is 5.25 Å². The molecule has 0 heterocycles. The Labute approximate surface area is 112 Å². The number of sulfone groups is 1. The number of hydrogen-bond donors (Lipinski definition) is 0. The number of halogens is 3. The second kappa shape index (κ2) is 5.04. The third-order valence-electron chi connectivity index (χ3n) is 2.31. The van der Waals surface area contributed by atoms with Gasteiger partial charge < -0.3 is 0 Å². The van der Waals surface area contributed by atoms with Crippen molar-refractivity contribution < 1.29 is 17.6 Å². The van der Waals surface area contributed by atoms with Crippen molar-refractivity contribution in [1.82, 2.24) is 0 Å². The molecule has 17 heavy (non-hydrogen) atoms. The Hall–Kier alpha value is -0.460. The number of rotatable bonds is 3. The summed E-state index contributed by atoms with van der Waals surface area (Å²) in [6.07, 6.45) is 0.925. The Morgan fingerprint density at radius 3 is 2.47 bits per heavy atom. The summed E-state index contributed by atoms with van der Waals surface area (Å²) in [4.78, 5) is 11.8. The fourth-order valence-electron chi connectivity index (χ4n) is 1.13. The van der Waals surface area contributed by atoms with E-state index in [4.69, 9.17) is 11.6 Å². The smallest absolute Gasteiger partial charge is 0.183 e. The van der Waals surface area contributed by atoms with Crippen LogP contribution in [0, 0.1) is 5.82 Å². The van der Waals surface area contributed by atoms with Crippen molar-refractivity contribution in [1.29, 1.82) is 0 Å². The van der Waals surface area contributed by atoms with Crippen LogP contribution in [-0.2, 0) is 9.84 Å². The summed E-state index contributed by atoms with van der Waals surface area (Å²) in [6, 6.07) is 2.60. The Morgan fingerprint density at radius 1 is 1.47 bits per heavy atom. The van der Waals surface area contributed by atoms with Crippen molar-refractivity contribution in [3.63, 3.8) is 0 Å². The van der Waals surface area contributed by atoms with Gasteiger partial charge in [-0.15, -0.1) is 0 Å². The lowest BCUT2D eigenvalue weighted by Gasteiger charge is -2.10. The first-order valence-corrected chi connectivity index (χ1v) is 7.65. The van der Waals surface area contributed by atoms with E-state index in [-0.39, 0.29) is 10.6 Å². The molecular weight excluding hydrogens is 335 g/mol. The molecule has 0 radical (unpaired) electrons. The van der Waals surface area contributed by atoms with E-state index in [0.29, 0.717) is 4.47 Å². The van der Waals surface area contributed by atoms with Gasteiger partial charge in [0, 0.05) is 10.7 Å². The predicted molar refractivity (Wildman–Crippen MR) is 67.7 cm³/mol. The molecule has 0 aliphatic heterocycles. The molecule has 7 heteroatoms. The molecule has 1 aromatic carbocycles. The second-order valence-corrected chi connectivity index (χ2v) is 7.16. The molecule has 1 unspecified atom stereocenters. The highest BCUT2D eigenvalue weighted by Gasteiger charge is 2.28. The van der Waals surface area contributed by atoms with Crippen LogP contribution >= 0.6 is 27.5 Å². The van der Waals surface area contributed by atoms with Crippen molar-refractivity contribution in [2.45, 2.75) is 12.2 Å². The largest absolute Gasteiger partial charge is 0.293 e. The highest BCUT2D eigenvalue weighted by molar-refractivity contribution is 9.10. The molecule has 0 aromatic heterocycles. The zero-order valence-electron chi connectivity index (χ0n) is 9.00. The van der Waals surface area contributed by atoms with E-state index in [1.54, 1.807) is 0 Å². The minimum atomic E-state index is -3.56. The molecular formula is C10H9BrClFO3S. The maximum Gasteiger partial charge on any atom is 0.183 e. The normalized spacial score (nSPS) is 13.5. The van der Waals surface area contributed by atoms with Crippen LogP contribution in [0.1, 0.15) is 17.3 Å². The lowest BCUT2D eigenvalue weighted by Crippen LogP contribution is -2.27. The van der Waals surface area contributed by atoms with Crippen LogP contribution in [0.15, 0.2) is 16.6 Å². The lowest BCUT2D eigenvalue weighted by atomic mass is 10.1. The third kappa shape index (κ3) is 3.05. The van der Waals surface area contributed by atoms with Crippen molar-refractivity contribution in [2.75, 3.05) is 6.26 Å². The average molecular weight is 344 g/mol. The van der Waals surface area contributed by atoms with E-state index >= 15 is 0 Å². The monoisotopic (exact) mass is 342 g/mol. The predicted octanol–water partition coefficient (Wildman–Crippen LogP) is 2.86. The Kier molecular flexibility index (Phi) is 4.33. The van der Waals surface area contributed by atoms with Gasteiger partial charge in [-0.05, 0) is 35.0 Å². The highest BCUT2D eigenvalue weighted by atomic mass is 79.9. The molecule has 0 bridgehead atoms. The molecule has 0 saturated carbocycles. The van der Waals surface area contributed by atoms with Gasteiger partial charge in [-0.25, -0.2) is 12.8 Å². The topological polar surface area (TPSA) is 51.2 Å². The Balaban J connectivity index is 3.28. The minimum absolute atomic E-state index is 0.239. The van der Waals surface area contributed by atoms with Gasteiger partial charge in [0.2, 0.25) is 0 Å². The first kappa shape index (κ1) is 14.6. The van der Waals surface area contributed by atoms with Gasteiger partial charge in [0.15, 0.2) is 21.4 Å². The number of Topliss-reactive ketones (excluding diaryl/α,β-unsaturated/α-hetero) is 1. The van der Waals surface area contributed by atoms with Crippen molar-refractivity contribution >= 4 is 43.2 Å². The summed E-state index contributed by atoms with van der Waals surface area (Å²) >= 11 is 8.63. The van der Waals surface area contributed by atoms with Crippen molar-refractivity contribution in [3.05, 3.63) is 33.0 Å². The summed E-state index contributed by atoms with van der Waals surface area (Å²) < 4.78 is 36.4. The summed E-state index contributed by atoms with van der Waals surface area (Å²) in [7, 11) is -3.56. The van der Waals surface area contributed by atoms with Gasteiger partial charge in [-0.2, -0.15) is 0 Å². The maximum absolute atomic E-state index is 13.7. The Bertz CT molecular complexity index is 571. The summed E-state index contributed by atoms with van der Waals surface area (Å²) in [5.74, 6) is -1.72. The fraction of sp³-hybridized carbons (Fsp3) is 0.300. The summed E-state index contributed by atoms with van der Waals surface area (Å²) in [5, 5.41) is -1.54. The van der Waals surface area contributed by atoms with E-state index in [9.17, 15) is 17.6 Å². The van der Waals surface area contributed by atoms with E-state index in [2.05, 4.69) is 15.9 Å². The van der Waals surface area contributed by atoms with Crippen molar-refractivity contribution in [2.24, 2.45) is 0 Å². The van der Waals surface area contributed by atoms with E-state index in [1.165, 1.54) is 19.1 Å². The molecule has 3 nitrogen and oxygen atoms in total. The highest BCUT2D eigenvalue weighted by Crippen LogP contribution is 2.28. The molecule has 1 atom stereocenters. The number of benzene rings is 1. The third-order valence-corrected chi connectivity index (χ3v) is 5.07. The van der Waals surface area contributed by atoms with Crippen LogP contribution in [0.25, 0.3) is 0 Å².